The fourth-order valence-corrected chi connectivity index (χ4v) is 4.90. The molecule has 1 atom stereocenters. The van der Waals surface area contributed by atoms with Crippen LogP contribution in [0.1, 0.15) is 17.7 Å². The molecule has 5 rings (SSSR count). The van der Waals surface area contributed by atoms with E-state index in [2.05, 4.69) is 36.4 Å². The first kappa shape index (κ1) is 18.0. The Balaban J connectivity index is 1.37. The molecule has 1 aliphatic rings. The van der Waals surface area contributed by atoms with E-state index in [9.17, 15) is 4.79 Å². The third kappa shape index (κ3) is 3.67. The van der Waals surface area contributed by atoms with Crippen molar-refractivity contribution in [2.75, 3.05) is 13.1 Å². The van der Waals surface area contributed by atoms with Crippen molar-refractivity contribution in [2.45, 2.75) is 13.0 Å². The fraction of sp³-hybridized carbons (Fsp3) is 0.167. The number of benzene rings is 2. The standard InChI is InChI=1S/C24H21N3OS/c28-23-15-21(16-26-13-11-19(12-14-26)18-7-3-1-4-8-18)25-24-27(23)22(17-29-24)20-9-5-2-6-10-20/h1-11,15,17H,12-14,16H2/p+1. The molecule has 0 fully saturated rings. The predicted octanol–water partition coefficient (Wildman–Crippen LogP) is 3.30. The van der Waals surface area contributed by atoms with E-state index in [0.717, 1.165) is 48.0 Å². The number of hydrogen-bond donors (Lipinski definition) is 1. The molecule has 1 N–H and O–H groups in total. The van der Waals surface area contributed by atoms with E-state index >= 15 is 0 Å². The van der Waals surface area contributed by atoms with Gasteiger partial charge in [-0.15, -0.1) is 11.3 Å². The Kier molecular flexibility index (Phi) is 4.84. The summed E-state index contributed by atoms with van der Waals surface area (Å²) in [7, 11) is 0. The summed E-state index contributed by atoms with van der Waals surface area (Å²) in [6.07, 6.45) is 3.38. The molecule has 29 heavy (non-hydrogen) atoms. The first-order valence-corrected chi connectivity index (χ1v) is 10.8. The van der Waals surface area contributed by atoms with Crippen molar-refractivity contribution in [3.63, 3.8) is 0 Å². The Bertz CT molecular complexity index is 1230. The second-order valence-corrected chi connectivity index (χ2v) is 8.25. The predicted molar refractivity (Wildman–Crippen MR) is 118 cm³/mol. The average molecular weight is 401 g/mol. The SMILES string of the molecule is O=c1cc(C[NH+]2CC=C(c3ccccc3)CC2)nc2scc(-c3ccccc3)n12. The van der Waals surface area contributed by atoms with Gasteiger partial charge in [0.2, 0.25) is 0 Å². The molecular formula is C24H22N3OS+. The van der Waals surface area contributed by atoms with Crippen molar-refractivity contribution in [1.29, 1.82) is 0 Å². The number of nitrogens with one attached hydrogen (secondary N) is 1. The summed E-state index contributed by atoms with van der Waals surface area (Å²) in [5, 5.41) is 2.02. The monoisotopic (exact) mass is 400 g/mol. The van der Waals surface area contributed by atoms with Crippen molar-refractivity contribution < 1.29 is 4.90 Å². The molecule has 0 saturated heterocycles. The van der Waals surface area contributed by atoms with Crippen molar-refractivity contribution >= 4 is 21.9 Å². The highest BCUT2D eigenvalue weighted by Gasteiger charge is 2.18. The normalized spacial score (nSPS) is 16.7. The summed E-state index contributed by atoms with van der Waals surface area (Å²) >= 11 is 1.53. The molecule has 0 saturated carbocycles. The second-order valence-electron chi connectivity index (χ2n) is 7.42. The van der Waals surface area contributed by atoms with Crippen LogP contribution in [0.25, 0.3) is 21.8 Å². The lowest BCUT2D eigenvalue weighted by molar-refractivity contribution is -0.909. The topological polar surface area (TPSA) is 38.8 Å². The molecule has 2 aromatic heterocycles. The maximum Gasteiger partial charge on any atom is 0.259 e. The maximum absolute atomic E-state index is 12.8. The first-order chi connectivity index (χ1) is 14.3. The second kappa shape index (κ2) is 7.78. The van der Waals surface area contributed by atoms with Crippen molar-refractivity contribution in [3.8, 4) is 11.3 Å². The molecule has 0 radical (unpaired) electrons. The minimum atomic E-state index is 0.00188. The van der Waals surface area contributed by atoms with E-state index in [1.165, 1.54) is 27.4 Å². The van der Waals surface area contributed by atoms with Crippen LogP contribution in [0.5, 0.6) is 0 Å². The zero-order valence-corrected chi connectivity index (χ0v) is 16.9. The molecule has 0 aliphatic carbocycles. The summed E-state index contributed by atoms with van der Waals surface area (Å²) in [5.74, 6) is 0. The van der Waals surface area contributed by atoms with E-state index in [1.54, 1.807) is 10.5 Å². The van der Waals surface area contributed by atoms with E-state index in [0.29, 0.717) is 0 Å². The van der Waals surface area contributed by atoms with E-state index in [4.69, 9.17) is 4.98 Å². The zero-order valence-electron chi connectivity index (χ0n) is 16.0. The van der Waals surface area contributed by atoms with Crippen molar-refractivity contribution in [1.82, 2.24) is 9.38 Å². The number of fused-ring (bicyclic) bond motifs is 1. The number of rotatable bonds is 4. The van der Waals surface area contributed by atoms with E-state index in [1.807, 2.05) is 35.7 Å². The van der Waals surface area contributed by atoms with Gasteiger partial charge in [0, 0.05) is 17.9 Å². The van der Waals surface area contributed by atoms with Crippen molar-refractivity contribution in [3.05, 3.63) is 99.8 Å². The number of nitrogens with zero attached hydrogens (tertiary/aromatic N) is 2. The number of hydrogen-bond acceptors (Lipinski definition) is 3. The van der Waals surface area contributed by atoms with E-state index in [-0.39, 0.29) is 5.56 Å². The van der Waals surface area contributed by atoms with Crippen LogP contribution in [0.2, 0.25) is 0 Å². The Morgan fingerprint density at radius 2 is 1.72 bits per heavy atom. The van der Waals surface area contributed by atoms with Gasteiger partial charge in [-0.1, -0.05) is 60.7 Å². The summed E-state index contributed by atoms with van der Waals surface area (Å²) in [5.41, 5.74) is 5.57. The van der Waals surface area contributed by atoms with Gasteiger partial charge in [-0.05, 0) is 22.8 Å². The highest BCUT2D eigenvalue weighted by molar-refractivity contribution is 7.15. The largest absolute Gasteiger partial charge is 0.326 e. The molecule has 0 bridgehead atoms. The van der Waals surface area contributed by atoms with Gasteiger partial charge < -0.3 is 4.90 Å². The summed E-state index contributed by atoms with van der Waals surface area (Å²) in [4.78, 5) is 19.8. The molecule has 2 aromatic carbocycles. The van der Waals surface area contributed by atoms with Crippen LogP contribution in [-0.4, -0.2) is 22.5 Å². The van der Waals surface area contributed by atoms with Crippen LogP contribution < -0.4 is 10.5 Å². The van der Waals surface area contributed by atoms with Crippen LogP contribution in [-0.2, 0) is 6.54 Å². The summed E-state index contributed by atoms with van der Waals surface area (Å²) in [6, 6.07) is 22.3. The molecule has 1 aliphatic heterocycles. The lowest BCUT2D eigenvalue weighted by atomic mass is 9.99. The highest BCUT2D eigenvalue weighted by Crippen LogP contribution is 2.23. The molecule has 3 heterocycles. The molecule has 4 aromatic rings. The number of thiazole rings is 1. The molecule has 0 spiro atoms. The van der Waals surface area contributed by atoms with Crippen LogP contribution in [0.3, 0.4) is 0 Å². The van der Waals surface area contributed by atoms with Gasteiger partial charge in [0.1, 0.15) is 12.2 Å². The Labute approximate surface area is 173 Å². The Hall–Kier alpha value is -3.02. The third-order valence-electron chi connectivity index (χ3n) is 5.49. The molecule has 4 nitrogen and oxygen atoms in total. The van der Waals surface area contributed by atoms with Crippen LogP contribution in [0.4, 0.5) is 0 Å². The highest BCUT2D eigenvalue weighted by atomic mass is 32.1. The van der Waals surface area contributed by atoms with Gasteiger partial charge in [0.25, 0.3) is 5.56 Å². The first-order valence-electron chi connectivity index (χ1n) is 9.91. The van der Waals surface area contributed by atoms with Crippen molar-refractivity contribution in [2.24, 2.45) is 0 Å². The molecule has 1 unspecified atom stereocenters. The van der Waals surface area contributed by atoms with Gasteiger partial charge >= 0.3 is 0 Å². The summed E-state index contributed by atoms with van der Waals surface area (Å²) in [6.45, 7) is 2.80. The van der Waals surface area contributed by atoms with Gasteiger partial charge in [-0.2, -0.15) is 0 Å². The van der Waals surface area contributed by atoms with Gasteiger partial charge in [-0.25, -0.2) is 4.98 Å². The number of quaternary nitrogens is 1. The lowest BCUT2D eigenvalue weighted by Crippen LogP contribution is -3.11. The summed E-state index contributed by atoms with van der Waals surface area (Å²) < 4.78 is 1.72. The number of aromatic nitrogens is 2. The maximum atomic E-state index is 12.8. The lowest BCUT2D eigenvalue weighted by Gasteiger charge is -2.23. The molecule has 0 amide bonds. The molecule has 144 valence electrons. The van der Waals surface area contributed by atoms with Crippen LogP contribution in [0.15, 0.2) is 83.0 Å². The van der Waals surface area contributed by atoms with Gasteiger partial charge in [0.05, 0.1) is 18.8 Å². The van der Waals surface area contributed by atoms with Gasteiger partial charge in [-0.3, -0.25) is 9.20 Å². The Morgan fingerprint density at radius 3 is 2.41 bits per heavy atom. The average Bonchev–Trinajstić information content (AvgIpc) is 3.20. The minimum absolute atomic E-state index is 0.00188. The van der Waals surface area contributed by atoms with Crippen LogP contribution in [0, 0.1) is 0 Å². The Morgan fingerprint density at radius 1 is 1.00 bits per heavy atom. The van der Waals surface area contributed by atoms with Crippen LogP contribution >= 0.6 is 11.3 Å². The fourth-order valence-electron chi connectivity index (χ4n) is 3.98. The quantitative estimate of drug-likeness (QED) is 0.571. The minimum Gasteiger partial charge on any atom is -0.326 e. The smallest absolute Gasteiger partial charge is 0.259 e. The van der Waals surface area contributed by atoms with Gasteiger partial charge in [0.15, 0.2) is 4.96 Å². The third-order valence-corrected chi connectivity index (χ3v) is 6.31. The molecule has 5 heteroatoms. The molecular weight excluding hydrogens is 378 g/mol. The zero-order chi connectivity index (χ0) is 19.6. The van der Waals surface area contributed by atoms with E-state index < -0.39 is 0 Å².